The summed E-state index contributed by atoms with van der Waals surface area (Å²) in [5, 5.41) is 12.0. The van der Waals surface area contributed by atoms with Crippen LogP contribution in [-0.2, 0) is 6.54 Å². The van der Waals surface area contributed by atoms with Crippen molar-refractivity contribution in [3.8, 4) is 0 Å². The molecular formula is C15H22N4O. The molecule has 5 nitrogen and oxygen atoms in total. The van der Waals surface area contributed by atoms with Gasteiger partial charge in [-0.25, -0.2) is 4.68 Å². The Hall–Kier alpha value is -1.75. The van der Waals surface area contributed by atoms with Crippen molar-refractivity contribution in [1.29, 1.82) is 0 Å². The number of hydrogen-bond donors (Lipinski definition) is 1. The Morgan fingerprint density at radius 3 is 2.85 bits per heavy atom. The molecule has 0 fully saturated rings. The van der Waals surface area contributed by atoms with E-state index in [1.54, 1.807) is 12.1 Å². The Kier molecular flexibility index (Phi) is 5.68. The number of rotatable bonds is 8. The van der Waals surface area contributed by atoms with Gasteiger partial charge in [0.1, 0.15) is 5.52 Å². The van der Waals surface area contributed by atoms with E-state index in [0.29, 0.717) is 17.4 Å². The summed E-state index contributed by atoms with van der Waals surface area (Å²) in [7, 11) is 0. The van der Waals surface area contributed by atoms with E-state index in [1.165, 1.54) is 30.4 Å². The van der Waals surface area contributed by atoms with Crippen LogP contribution in [0, 0.1) is 0 Å². The minimum absolute atomic E-state index is 0.0663. The average Bonchev–Trinajstić information content (AvgIpc) is 2.49. The van der Waals surface area contributed by atoms with Crippen molar-refractivity contribution in [3.63, 3.8) is 0 Å². The van der Waals surface area contributed by atoms with Crippen LogP contribution in [0.5, 0.6) is 0 Å². The topological polar surface area (TPSA) is 59.8 Å². The quantitative estimate of drug-likeness (QED) is 0.748. The molecule has 1 N–H and O–H groups in total. The van der Waals surface area contributed by atoms with Gasteiger partial charge < -0.3 is 5.32 Å². The van der Waals surface area contributed by atoms with Crippen LogP contribution < -0.4 is 10.9 Å². The molecule has 5 heteroatoms. The molecule has 0 aliphatic heterocycles. The van der Waals surface area contributed by atoms with Crippen LogP contribution in [0.1, 0.15) is 32.6 Å². The molecule has 2 rings (SSSR count). The van der Waals surface area contributed by atoms with Gasteiger partial charge in [0.2, 0.25) is 0 Å². The zero-order valence-corrected chi connectivity index (χ0v) is 12.0. The largest absolute Gasteiger partial charge is 0.315 e. The van der Waals surface area contributed by atoms with Gasteiger partial charge in [-0.15, -0.1) is 5.10 Å². The molecule has 0 atom stereocenters. The lowest BCUT2D eigenvalue weighted by Crippen LogP contribution is -2.30. The first kappa shape index (κ1) is 14.7. The summed E-state index contributed by atoms with van der Waals surface area (Å²) in [6, 6.07) is 7.31. The van der Waals surface area contributed by atoms with Gasteiger partial charge in [0.05, 0.1) is 11.9 Å². The van der Waals surface area contributed by atoms with E-state index in [1.807, 2.05) is 12.1 Å². The first-order valence-corrected chi connectivity index (χ1v) is 7.36. The molecule has 1 aromatic heterocycles. The van der Waals surface area contributed by atoms with Crippen molar-refractivity contribution in [2.75, 3.05) is 13.1 Å². The minimum atomic E-state index is -0.0663. The zero-order valence-electron chi connectivity index (χ0n) is 12.0. The lowest BCUT2D eigenvalue weighted by Gasteiger charge is -2.06. The van der Waals surface area contributed by atoms with Crippen LogP contribution in [0.3, 0.4) is 0 Å². The highest BCUT2D eigenvalue weighted by molar-refractivity contribution is 5.76. The maximum Gasteiger partial charge on any atom is 0.277 e. The Bertz CT molecular complexity index is 594. The minimum Gasteiger partial charge on any atom is -0.315 e. The van der Waals surface area contributed by atoms with Gasteiger partial charge in [0, 0.05) is 6.54 Å². The Labute approximate surface area is 119 Å². The van der Waals surface area contributed by atoms with Crippen molar-refractivity contribution in [2.45, 2.75) is 39.2 Å². The van der Waals surface area contributed by atoms with Crippen molar-refractivity contribution in [1.82, 2.24) is 20.3 Å². The fourth-order valence-electron chi connectivity index (χ4n) is 2.16. The van der Waals surface area contributed by atoms with E-state index >= 15 is 0 Å². The molecule has 1 heterocycles. The molecule has 0 radical (unpaired) electrons. The van der Waals surface area contributed by atoms with Crippen molar-refractivity contribution >= 4 is 10.9 Å². The summed E-state index contributed by atoms with van der Waals surface area (Å²) >= 11 is 0. The highest BCUT2D eigenvalue weighted by Crippen LogP contribution is 2.03. The number of benzene rings is 1. The summed E-state index contributed by atoms with van der Waals surface area (Å²) in [5.41, 5.74) is 0.588. The summed E-state index contributed by atoms with van der Waals surface area (Å²) in [6.45, 7) is 4.51. The molecule has 2 aromatic rings. The second-order valence-electron chi connectivity index (χ2n) is 4.95. The van der Waals surface area contributed by atoms with Gasteiger partial charge in [0.25, 0.3) is 5.56 Å². The zero-order chi connectivity index (χ0) is 14.2. The van der Waals surface area contributed by atoms with Crippen LogP contribution in [0.4, 0.5) is 0 Å². The lowest BCUT2D eigenvalue weighted by atomic mass is 10.2. The molecule has 0 spiro atoms. The third-order valence-corrected chi connectivity index (χ3v) is 3.34. The number of nitrogens with zero attached hydrogens (tertiary/aromatic N) is 3. The van der Waals surface area contributed by atoms with Crippen LogP contribution in [0.15, 0.2) is 29.1 Å². The van der Waals surface area contributed by atoms with E-state index in [4.69, 9.17) is 0 Å². The first-order valence-electron chi connectivity index (χ1n) is 7.36. The van der Waals surface area contributed by atoms with Crippen LogP contribution in [-0.4, -0.2) is 28.1 Å². The molecule has 0 unspecified atom stereocenters. The predicted molar refractivity (Wildman–Crippen MR) is 80.8 cm³/mol. The molecule has 108 valence electrons. The lowest BCUT2D eigenvalue weighted by molar-refractivity contribution is 0.503. The maximum atomic E-state index is 12.2. The van der Waals surface area contributed by atoms with Crippen molar-refractivity contribution in [2.24, 2.45) is 0 Å². The number of unbranched alkanes of at least 4 members (excludes halogenated alkanes) is 3. The Balaban J connectivity index is 1.84. The van der Waals surface area contributed by atoms with Gasteiger partial charge in [-0.3, -0.25) is 4.79 Å². The molecular weight excluding hydrogens is 252 g/mol. The van der Waals surface area contributed by atoms with Crippen LogP contribution in [0.25, 0.3) is 10.9 Å². The third kappa shape index (κ3) is 3.87. The molecule has 0 aliphatic rings. The summed E-state index contributed by atoms with van der Waals surface area (Å²) in [6.07, 6.45) is 4.99. The number of aromatic nitrogens is 3. The SMILES string of the molecule is CCCCCCNCCn1nnc2ccccc2c1=O. The number of nitrogens with one attached hydrogen (secondary N) is 1. The smallest absolute Gasteiger partial charge is 0.277 e. The molecule has 0 bridgehead atoms. The maximum absolute atomic E-state index is 12.2. The molecule has 0 amide bonds. The molecule has 20 heavy (non-hydrogen) atoms. The van der Waals surface area contributed by atoms with Crippen molar-refractivity contribution in [3.05, 3.63) is 34.6 Å². The fourth-order valence-corrected chi connectivity index (χ4v) is 2.16. The summed E-state index contributed by atoms with van der Waals surface area (Å²) < 4.78 is 1.43. The number of fused-ring (bicyclic) bond motifs is 1. The second-order valence-corrected chi connectivity index (χ2v) is 4.95. The standard InChI is InChI=1S/C15H22N4O/c1-2-3-4-7-10-16-11-12-19-15(20)13-8-5-6-9-14(13)17-18-19/h5-6,8-9,16H,2-4,7,10-12H2,1H3. The summed E-state index contributed by atoms with van der Waals surface area (Å²) in [4.78, 5) is 12.2. The van der Waals surface area contributed by atoms with Crippen molar-refractivity contribution < 1.29 is 0 Å². The second kappa shape index (κ2) is 7.75. The van der Waals surface area contributed by atoms with Gasteiger partial charge in [-0.1, -0.05) is 43.5 Å². The van der Waals surface area contributed by atoms with E-state index < -0.39 is 0 Å². The van der Waals surface area contributed by atoms with Gasteiger partial charge in [-0.2, -0.15) is 0 Å². The Morgan fingerprint density at radius 1 is 1.15 bits per heavy atom. The normalized spacial score (nSPS) is 11.1. The predicted octanol–water partition coefficient (Wildman–Crippen LogP) is 1.96. The molecule has 0 saturated heterocycles. The van der Waals surface area contributed by atoms with E-state index in [2.05, 4.69) is 22.6 Å². The number of hydrogen-bond acceptors (Lipinski definition) is 4. The van der Waals surface area contributed by atoms with Crippen LogP contribution in [0.2, 0.25) is 0 Å². The first-order chi connectivity index (χ1) is 9.83. The van der Waals surface area contributed by atoms with Crippen LogP contribution >= 0.6 is 0 Å². The van der Waals surface area contributed by atoms with Gasteiger partial charge in [0.15, 0.2) is 0 Å². The van der Waals surface area contributed by atoms with E-state index in [0.717, 1.165) is 13.1 Å². The van der Waals surface area contributed by atoms with Gasteiger partial charge >= 0.3 is 0 Å². The monoisotopic (exact) mass is 274 g/mol. The highest BCUT2D eigenvalue weighted by Gasteiger charge is 2.03. The molecule has 0 aliphatic carbocycles. The molecule has 0 saturated carbocycles. The fraction of sp³-hybridized carbons (Fsp3) is 0.533. The average molecular weight is 274 g/mol. The highest BCUT2D eigenvalue weighted by atomic mass is 16.1. The Morgan fingerprint density at radius 2 is 2.00 bits per heavy atom. The summed E-state index contributed by atoms with van der Waals surface area (Å²) in [5.74, 6) is 0. The molecule has 1 aromatic carbocycles. The van der Waals surface area contributed by atoms with E-state index in [-0.39, 0.29) is 5.56 Å². The third-order valence-electron chi connectivity index (χ3n) is 3.34. The van der Waals surface area contributed by atoms with Gasteiger partial charge in [-0.05, 0) is 25.1 Å². The van der Waals surface area contributed by atoms with E-state index in [9.17, 15) is 4.79 Å².